The van der Waals surface area contributed by atoms with Crippen LogP contribution in [0, 0.1) is 0 Å². The van der Waals surface area contributed by atoms with Crippen molar-refractivity contribution in [2.24, 2.45) is 0 Å². The third kappa shape index (κ3) is 3.91. The molecule has 0 aromatic carbocycles. The summed E-state index contributed by atoms with van der Waals surface area (Å²) in [6, 6.07) is 2.92. The summed E-state index contributed by atoms with van der Waals surface area (Å²) in [5.74, 6) is -0.0429. The fraction of sp³-hybridized carbons (Fsp3) is 0.538. The summed E-state index contributed by atoms with van der Waals surface area (Å²) in [6.07, 6.45) is 3.53. The van der Waals surface area contributed by atoms with Gasteiger partial charge in [-0.3, -0.25) is 9.59 Å². The highest BCUT2D eigenvalue weighted by Gasteiger charge is 2.12. The van der Waals surface area contributed by atoms with Crippen LogP contribution in [0.4, 0.5) is 5.69 Å². The van der Waals surface area contributed by atoms with Gasteiger partial charge in [0.15, 0.2) is 0 Å². The van der Waals surface area contributed by atoms with Crippen LogP contribution in [-0.2, 0) is 11.3 Å². The van der Waals surface area contributed by atoms with Crippen molar-refractivity contribution in [2.75, 3.05) is 18.8 Å². The van der Waals surface area contributed by atoms with Gasteiger partial charge < -0.3 is 15.2 Å². The Morgan fingerprint density at radius 3 is 2.72 bits per heavy atom. The predicted octanol–water partition coefficient (Wildman–Crippen LogP) is 1.08. The molecule has 2 N–H and O–H groups in total. The molecule has 1 amide bonds. The molecule has 0 aliphatic carbocycles. The predicted molar refractivity (Wildman–Crippen MR) is 72.3 cm³/mol. The molecule has 0 bridgehead atoms. The maximum Gasteiger partial charge on any atom is 0.251 e. The summed E-state index contributed by atoms with van der Waals surface area (Å²) >= 11 is 0. The molecule has 1 rings (SSSR count). The van der Waals surface area contributed by atoms with Crippen molar-refractivity contribution in [2.45, 2.75) is 33.2 Å². The average Bonchev–Trinajstić information content (AvgIpc) is 2.35. The van der Waals surface area contributed by atoms with Gasteiger partial charge in [-0.1, -0.05) is 13.3 Å². The minimum absolute atomic E-state index is 0.0429. The summed E-state index contributed by atoms with van der Waals surface area (Å²) in [7, 11) is 0. The number of hydrogen-bond donors (Lipinski definition) is 1. The lowest BCUT2D eigenvalue weighted by Crippen LogP contribution is -2.36. The molecule has 0 aliphatic heterocycles. The number of carbonyl (C=O) groups is 1. The smallest absolute Gasteiger partial charge is 0.251 e. The standard InChI is InChI=1S/C13H21N3O2/c1-3-5-8-15(4-2)13(18)10-16-9-11(14)6-7-12(16)17/h6-7,9H,3-5,8,10,14H2,1-2H3. The largest absolute Gasteiger partial charge is 0.398 e. The lowest BCUT2D eigenvalue weighted by Gasteiger charge is -2.21. The van der Waals surface area contributed by atoms with Crippen LogP contribution in [0.1, 0.15) is 26.7 Å². The molecule has 1 aromatic heterocycles. The van der Waals surface area contributed by atoms with Gasteiger partial charge in [0.05, 0.1) is 0 Å². The summed E-state index contributed by atoms with van der Waals surface area (Å²) in [4.78, 5) is 25.4. The van der Waals surface area contributed by atoms with Crippen molar-refractivity contribution in [1.82, 2.24) is 9.47 Å². The second-order valence-corrected chi connectivity index (χ2v) is 4.26. The fourth-order valence-corrected chi connectivity index (χ4v) is 1.73. The zero-order chi connectivity index (χ0) is 13.5. The van der Waals surface area contributed by atoms with Crippen molar-refractivity contribution < 1.29 is 4.79 Å². The van der Waals surface area contributed by atoms with Crippen LogP contribution in [0.3, 0.4) is 0 Å². The van der Waals surface area contributed by atoms with E-state index in [1.54, 1.807) is 4.90 Å². The van der Waals surface area contributed by atoms with E-state index in [1.165, 1.54) is 22.9 Å². The first kappa shape index (κ1) is 14.3. The van der Waals surface area contributed by atoms with Crippen molar-refractivity contribution in [3.8, 4) is 0 Å². The number of carbonyl (C=O) groups excluding carboxylic acids is 1. The fourth-order valence-electron chi connectivity index (χ4n) is 1.73. The highest BCUT2D eigenvalue weighted by Crippen LogP contribution is 2.00. The molecule has 100 valence electrons. The molecule has 1 heterocycles. The van der Waals surface area contributed by atoms with Gasteiger partial charge in [-0.2, -0.15) is 0 Å². The van der Waals surface area contributed by atoms with Gasteiger partial charge in [0.1, 0.15) is 6.54 Å². The van der Waals surface area contributed by atoms with E-state index in [-0.39, 0.29) is 18.0 Å². The monoisotopic (exact) mass is 251 g/mol. The summed E-state index contributed by atoms with van der Waals surface area (Å²) in [5.41, 5.74) is 5.89. The maximum absolute atomic E-state index is 12.0. The van der Waals surface area contributed by atoms with Gasteiger partial charge in [-0.25, -0.2) is 0 Å². The molecule has 5 heteroatoms. The molecule has 18 heavy (non-hydrogen) atoms. The zero-order valence-corrected chi connectivity index (χ0v) is 11.1. The molecule has 5 nitrogen and oxygen atoms in total. The molecule has 0 unspecified atom stereocenters. The average molecular weight is 251 g/mol. The van der Waals surface area contributed by atoms with Crippen molar-refractivity contribution in [3.05, 3.63) is 28.7 Å². The van der Waals surface area contributed by atoms with Crippen LogP contribution in [-0.4, -0.2) is 28.5 Å². The topological polar surface area (TPSA) is 68.3 Å². The highest BCUT2D eigenvalue weighted by atomic mass is 16.2. The van der Waals surface area contributed by atoms with Crippen LogP contribution < -0.4 is 11.3 Å². The van der Waals surface area contributed by atoms with E-state index >= 15 is 0 Å². The quantitative estimate of drug-likeness (QED) is 0.822. The number of unbranched alkanes of at least 4 members (excludes halogenated alkanes) is 1. The molecule has 1 aromatic rings. The highest BCUT2D eigenvalue weighted by molar-refractivity contribution is 5.76. The SMILES string of the molecule is CCCCN(CC)C(=O)Cn1cc(N)ccc1=O. The van der Waals surface area contributed by atoms with Gasteiger partial charge in [-0.15, -0.1) is 0 Å². The van der Waals surface area contributed by atoms with E-state index in [1.807, 2.05) is 6.92 Å². The summed E-state index contributed by atoms with van der Waals surface area (Å²) in [5, 5.41) is 0. The van der Waals surface area contributed by atoms with Crippen molar-refractivity contribution in [3.63, 3.8) is 0 Å². The minimum Gasteiger partial charge on any atom is -0.398 e. The Morgan fingerprint density at radius 2 is 2.11 bits per heavy atom. The van der Waals surface area contributed by atoms with E-state index in [9.17, 15) is 9.59 Å². The van der Waals surface area contributed by atoms with Gasteiger partial charge in [0.25, 0.3) is 5.56 Å². The summed E-state index contributed by atoms with van der Waals surface area (Å²) < 4.78 is 1.35. The second kappa shape index (κ2) is 6.83. The second-order valence-electron chi connectivity index (χ2n) is 4.26. The molecular formula is C13H21N3O2. The molecule has 0 spiro atoms. The van der Waals surface area contributed by atoms with E-state index < -0.39 is 0 Å². The van der Waals surface area contributed by atoms with Crippen molar-refractivity contribution >= 4 is 11.6 Å². The van der Waals surface area contributed by atoms with Crippen molar-refractivity contribution in [1.29, 1.82) is 0 Å². The Labute approximate surface area is 107 Å². The third-order valence-corrected chi connectivity index (χ3v) is 2.83. The number of rotatable bonds is 6. The Bertz CT molecular complexity index is 454. The van der Waals surface area contributed by atoms with E-state index in [0.29, 0.717) is 12.2 Å². The number of anilines is 1. The van der Waals surface area contributed by atoms with E-state index in [0.717, 1.165) is 19.4 Å². The molecule has 0 atom stereocenters. The summed E-state index contributed by atoms with van der Waals surface area (Å²) in [6.45, 7) is 5.48. The normalized spacial score (nSPS) is 10.3. The molecule has 0 aliphatic rings. The van der Waals surface area contributed by atoms with Crippen LogP contribution in [0.5, 0.6) is 0 Å². The Hall–Kier alpha value is -1.78. The first-order valence-electron chi connectivity index (χ1n) is 6.32. The molecule has 0 radical (unpaired) electrons. The molecular weight excluding hydrogens is 230 g/mol. The van der Waals surface area contributed by atoms with E-state index in [4.69, 9.17) is 5.73 Å². The number of likely N-dealkylation sites (N-methyl/N-ethyl adjacent to an activating group) is 1. The van der Waals surface area contributed by atoms with E-state index in [2.05, 4.69) is 6.92 Å². The number of hydrogen-bond acceptors (Lipinski definition) is 3. The van der Waals surface area contributed by atoms with Gasteiger partial charge in [0, 0.05) is 31.0 Å². The van der Waals surface area contributed by atoms with Crippen LogP contribution in [0.15, 0.2) is 23.1 Å². The lowest BCUT2D eigenvalue weighted by molar-refractivity contribution is -0.131. The van der Waals surface area contributed by atoms with Crippen LogP contribution in [0.2, 0.25) is 0 Å². The van der Waals surface area contributed by atoms with Gasteiger partial charge >= 0.3 is 0 Å². The number of nitrogen functional groups attached to an aromatic ring is 1. The number of amides is 1. The van der Waals surface area contributed by atoms with Crippen LogP contribution in [0.25, 0.3) is 0 Å². The van der Waals surface area contributed by atoms with Gasteiger partial charge in [-0.05, 0) is 19.4 Å². The minimum atomic E-state index is -0.205. The third-order valence-electron chi connectivity index (χ3n) is 2.83. The molecule has 0 saturated heterocycles. The number of pyridine rings is 1. The molecule has 0 saturated carbocycles. The Kier molecular flexibility index (Phi) is 5.42. The molecule has 0 fully saturated rings. The maximum atomic E-state index is 12.0. The lowest BCUT2D eigenvalue weighted by atomic mass is 10.3. The first-order chi connectivity index (χ1) is 8.58. The Balaban J connectivity index is 2.73. The zero-order valence-electron chi connectivity index (χ0n) is 11.1. The number of aromatic nitrogens is 1. The number of nitrogens with two attached hydrogens (primary N) is 1. The first-order valence-corrected chi connectivity index (χ1v) is 6.32. The Morgan fingerprint density at radius 1 is 1.39 bits per heavy atom. The van der Waals surface area contributed by atoms with Crippen LogP contribution >= 0.6 is 0 Å². The van der Waals surface area contributed by atoms with Gasteiger partial charge in [0.2, 0.25) is 5.91 Å². The number of nitrogens with zero attached hydrogens (tertiary/aromatic N) is 2.